The molecule has 45 heavy (non-hydrogen) atoms. The summed E-state index contributed by atoms with van der Waals surface area (Å²) in [6.07, 6.45) is 18.4. The third kappa shape index (κ3) is 8.23. The summed E-state index contributed by atoms with van der Waals surface area (Å²) in [5.41, 5.74) is 9.32. The van der Waals surface area contributed by atoms with Crippen LogP contribution in [0, 0.1) is 0 Å². The first kappa shape index (κ1) is 32.8. The van der Waals surface area contributed by atoms with Crippen LogP contribution in [0.1, 0.15) is 102 Å². The van der Waals surface area contributed by atoms with Crippen molar-refractivity contribution in [3.8, 4) is 42.0 Å². The number of hydrogen-bond acceptors (Lipinski definition) is 7. The molecule has 6 rings (SSSR count). The third-order valence-corrected chi connectivity index (χ3v) is 13.4. The van der Waals surface area contributed by atoms with Gasteiger partial charge in [-0.15, -0.1) is 34.0 Å². The molecule has 0 bridgehead atoms. The van der Waals surface area contributed by atoms with Crippen LogP contribution in [-0.4, -0.2) is 9.97 Å². The minimum Gasteiger partial charge on any atom is -0.242 e. The third-order valence-electron chi connectivity index (χ3n) is 8.51. The summed E-state index contributed by atoms with van der Waals surface area (Å²) in [4.78, 5) is 16.1. The maximum Gasteiger partial charge on any atom is 0.110 e. The first-order valence-corrected chi connectivity index (χ1v) is 21.3. The van der Waals surface area contributed by atoms with Crippen LogP contribution >= 0.6 is 56.7 Å². The van der Waals surface area contributed by atoms with Crippen molar-refractivity contribution in [2.24, 2.45) is 0 Å². The van der Waals surface area contributed by atoms with Crippen LogP contribution in [0.2, 0.25) is 0 Å². The Morgan fingerprint density at radius 2 is 0.978 bits per heavy atom. The van der Waals surface area contributed by atoms with Crippen LogP contribution in [0.15, 0.2) is 56.5 Å². The second kappa shape index (κ2) is 16.6. The van der Waals surface area contributed by atoms with Crippen LogP contribution < -0.4 is 0 Å². The Balaban J connectivity index is 1.34. The monoisotopic (exact) mass is 688 g/mol. The Labute approximate surface area is 289 Å². The van der Waals surface area contributed by atoms with Gasteiger partial charge >= 0.3 is 0 Å². The van der Waals surface area contributed by atoms with Gasteiger partial charge in [0.25, 0.3) is 0 Å². The molecule has 0 aromatic carbocycles. The van der Waals surface area contributed by atoms with Crippen LogP contribution in [0.3, 0.4) is 0 Å². The fraction of sp³-hybridized carbons (Fsp3) is 0.421. The molecule has 0 N–H and O–H groups in total. The molecule has 0 fully saturated rings. The quantitative estimate of drug-likeness (QED) is 0.0840. The highest BCUT2D eigenvalue weighted by Crippen LogP contribution is 2.48. The van der Waals surface area contributed by atoms with Gasteiger partial charge in [0.05, 0.1) is 21.1 Å². The van der Waals surface area contributed by atoms with E-state index in [0.717, 1.165) is 33.5 Å². The number of unbranched alkanes of at least 4 members (excludes halogenated alkanes) is 10. The number of fused-ring (bicyclic) bond motifs is 1. The van der Waals surface area contributed by atoms with E-state index in [-0.39, 0.29) is 0 Å². The number of hydrogen-bond donors (Lipinski definition) is 0. The molecule has 0 radical (unpaired) electrons. The lowest BCUT2D eigenvalue weighted by atomic mass is 10.1. The first-order valence-electron chi connectivity index (χ1n) is 16.8. The van der Waals surface area contributed by atoms with Gasteiger partial charge in [0.2, 0.25) is 0 Å². The smallest absolute Gasteiger partial charge is 0.110 e. The van der Waals surface area contributed by atoms with E-state index in [2.05, 4.69) is 70.4 Å². The van der Waals surface area contributed by atoms with Crippen molar-refractivity contribution in [3.05, 3.63) is 67.7 Å². The number of rotatable bonds is 18. The van der Waals surface area contributed by atoms with Crippen LogP contribution in [-0.2, 0) is 12.8 Å². The fourth-order valence-electron chi connectivity index (χ4n) is 5.96. The summed E-state index contributed by atoms with van der Waals surface area (Å²) in [7, 11) is 0. The molecule has 6 aromatic rings. The van der Waals surface area contributed by atoms with E-state index in [1.165, 1.54) is 121 Å². The van der Waals surface area contributed by atoms with Crippen molar-refractivity contribution in [2.45, 2.75) is 104 Å². The minimum absolute atomic E-state index is 0.992. The molecule has 2 nitrogen and oxygen atoms in total. The van der Waals surface area contributed by atoms with Gasteiger partial charge in [0, 0.05) is 31.6 Å². The molecule has 0 aliphatic rings. The lowest BCUT2D eigenvalue weighted by Gasteiger charge is -2.07. The summed E-state index contributed by atoms with van der Waals surface area (Å²) in [6.45, 7) is 4.58. The minimum atomic E-state index is 0.992. The molecule has 0 aliphatic heterocycles. The van der Waals surface area contributed by atoms with Crippen molar-refractivity contribution in [2.75, 3.05) is 0 Å². The van der Waals surface area contributed by atoms with Crippen molar-refractivity contribution in [1.29, 1.82) is 0 Å². The zero-order chi connectivity index (χ0) is 30.8. The second-order valence-corrected chi connectivity index (χ2v) is 16.5. The highest BCUT2D eigenvalue weighted by atomic mass is 32.1. The molecule has 7 heteroatoms. The zero-order valence-electron chi connectivity index (χ0n) is 26.6. The van der Waals surface area contributed by atoms with Gasteiger partial charge in [0.15, 0.2) is 0 Å². The number of aryl methyl sites for hydroxylation is 2. The second-order valence-electron chi connectivity index (χ2n) is 12.1. The fourth-order valence-corrected chi connectivity index (χ4v) is 10.6. The first-order chi connectivity index (χ1) is 22.2. The lowest BCUT2D eigenvalue weighted by Crippen LogP contribution is -1.93. The van der Waals surface area contributed by atoms with Crippen LogP contribution in [0.5, 0.6) is 0 Å². The molecule has 0 unspecified atom stereocenters. The van der Waals surface area contributed by atoms with E-state index in [1.54, 1.807) is 22.7 Å². The number of thiophene rings is 5. The van der Waals surface area contributed by atoms with E-state index in [1.807, 2.05) is 34.0 Å². The Morgan fingerprint density at radius 1 is 0.533 bits per heavy atom. The van der Waals surface area contributed by atoms with Gasteiger partial charge in [-0.25, -0.2) is 9.97 Å². The average molecular weight is 689 g/mol. The molecular weight excluding hydrogens is 645 g/mol. The molecule has 0 amide bonds. The van der Waals surface area contributed by atoms with Gasteiger partial charge in [-0.05, 0) is 82.6 Å². The van der Waals surface area contributed by atoms with Gasteiger partial charge in [-0.2, -0.15) is 22.7 Å². The molecule has 0 atom stereocenters. The molecule has 236 valence electrons. The topological polar surface area (TPSA) is 25.8 Å². The summed E-state index contributed by atoms with van der Waals surface area (Å²) < 4.78 is 0. The average Bonchev–Trinajstić information content (AvgIpc) is 3.89. The summed E-state index contributed by atoms with van der Waals surface area (Å²) >= 11 is 9.09. The zero-order valence-corrected chi connectivity index (χ0v) is 30.7. The molecule has 0 saturated carbocycles. The molecule has 0 aliphatic carbocycles. The van der Waals surface area contributed by atoms with Gasteiger partial charge in [-0.1, -0.05) is 78.1 Å². The highest BCUT2D eigenvalue weighted by molar-refractivity contribution is 7.27. The maximum atomic E-state index is 5.47. The normalized spacial score (nSPS) is 11.7. The molecule has 0 spiro atoms. The highest BCUT2D eigenvalue weighted by Gasteiger charge is 2.23. The van der Waals surface area contributed by atoms with E-state index in [4.69, 9.17) is 9.97 Å². The van der Waals surface area contributed by atoms with Crippen molar-refractivity contribution in [1.82, 2.24) is 9.97 Å². The Bertz CT molecular complexity index is 1610. The number of nitrogens with zero attached hydrogens (tertiary/aromatic N) is 2. The molecule has 6 aromatic heterocycles. The number of aromatic nitrogens is 2. The van der Waals surface area contributed by atoms with E-state index < -0.39 is 0 Å². The predicted octanol–water partition coefficient (Wildman–Crippen LogP) is 14.4. The van der Waals surface area contributed by atoms with E-state index in [0.29, 0.717) is 0 Å². The maximum absolute atomic E-state index is 5.47. The summed E-state index contributed by atoms with van der Waals surface area (Å²) in [5, 5.41) is 13.5. The Morgan fingerprint density at radius 3 is 1.40 bits per heavy atom. The predicted molar refractivity (Wildman–Crippen MR) is 205 cm³/mol. The largest absolute Gasteiger partial charge is 0.242 e. The van der Waals surface area contributed by atoms with Gasteiger partial charge in [-0.3, -0.25) is 0 Å². The summed E-state index contributed by atoms with van der Waals surface area (Å²) in [6, 6.07) is 9.23. The van der Waals surface area contributed by atoms with Crippen molar-refractivity contribution < 1.29 is 0 Å². The standard InChI is InChI=1S/C38H44N2S5/c1-3-5-7-9-11-13-15-27-21-31(43-23-27)37-35-36(38(45-37)32-22-28(24-44-32)16-14-12-10-8-6-4-2)40-34(30-18-20-42-26-30)33(39-35)29-17-19-41-25-29/h17-26H,3-16H2,1-2H3. The molecule has 0 saturated heterocycles. The van der Waals surface area contributed by atoms with Crippen LogP contribution in [0.25, 0.3) is 53.1 Å². The Kier molecular flexibility index (Phi) is 12.1. The van der Waals surface area contributed by atoms with Crippen LogP contribution in [0.4, 0.5) is 0 Å². The van der Waals surface area contributed by atoms with Crippen molar-refractivity contribution >= 4 is 67.7 Å². The SMILES string of the molecule is CCCCCCCCc1csc(-c2sc(-c3cc(CCCCCCCC)cs3)c3nc(-c4ccsc4)c(-c4ccsc4)nc23)c1. The van der Waals surface area contributed by atoms with E-state index in [9.17, 15) is 0 Å². The lowest BCUT2D eigenvalue weighted by molar-refractivity contribution is 0.608. The van der Waals surface area contributed by atoms with E-state index >= 15 is 0 Å². The van der Waals surface area contributed by atoms with Gasteiger partial charge in [0.1, 0.15) is 11.0 Å². The molecular formula is C38H44N2S5. The van der Waals surface area contributed by atoms with Crippen molar-refractivity contribution in [3.63, 3.8) is 0 Å². The van der Waals surface area contributed by atoms with Gasteiger partial charge < -0.3 is 0 Å². The summed E-state index contributed by atoms with van der Waals surface area (Å²) in [5.74, 6) is 0. The molecule has 6 heterocycles. The Hall–Kier alpha value is -2.16.